The van der Waals surface area contributed by atoms with Gasteiger partial charge in [-0.1, -0.05) is 18.2 Å². The Morgan fingerprint density at radius 2 is 1.76 bits per heavy atom. The average Bonchev–Trinajstić information content (AvgIpc) is 2.52. The summed E-state index contributed by atoms with van der Waals surface area (Å²) in [6.45, 7) is 1.32. The molecule has 3 amide bonds. The molecule has 0 aromatic heterocycles. The van der Waals surface area contributed by atoms with E-state index in [1.165, 1.54) is 0 Å². The van der Waals surface area contributed by atoms with Crippen LogP contribution in [-0.2, 0) is 16.0 Å². The van der Waals surface area contributed by atoms with E-state index in [9.17, 15) is 14.4 Å². The zero-order valence-corrected chi connectivity index (χ0v) is 11.9. The van der Waals surface area contributed by atoms with Crippen LogP contribution >= 0.6 is 0 Å². The Morgan fingerprint density at radius 3 is 2.52 bits per heavy atom. The van der Waals surface area contributed by atoms with E-state index >= 15 is 0 Å². The Labute approximate surface area is 123 Å². The van der Waals surface area contributed by atoms with Crippen LogP contribution in [0.5, 0.6) is 0 Å². The van der Waals surface area contributed by atoms with Crippen molar-refractivity contribution in [3.8, 4) is 0 Å². The maximum atomic E-state index is 12.4. The number of carbonyl (C=O) groups is 3. The lowest BCUT2D eigenvalue weighted by atomic mass is 9.98. The van der Waals surface area contributed by atoms with Crippen LogP contribution in [0.4, 0.5) is 0 Å². The summed E-state index contributed by atoms with van der Waals surface area (Å²) in [5.41, 5.74) is 1.28. The minimum Gasteiger partial charge on any atom is -0.341 e. The number of hydrogen-bond acceptors (Lipinski definition) is 3. The molecular formula is C16H18N2O3. The topological polar surface area (TPSA) is 57.7 Å². The number of nitrogens with zero attached hydrogens (tertiary/aromatic N) is 2. The van der Waals surface area contributed by atoms with E-state index in [0.717, 1.165) is 42.8 Å². The fourth-order valence-corrected chi connectivity index (χ4v) is 2.94. The lowest BCUT2D eigenvalue weighted by Crippen LogP contribution is -2.49. The van der Waals surface area contributed by atoms with Crippen molar-refractivity contribution in [1.82, 2.24) is 9.80 Å². The van der Waals surface area contributed by atoms with Crippen molar-refractivity contribution < 1.29 is 14.4 Å². The smallest absolute Gasteiger partial charge is 0.261 e. The molecule has 0 unspecified atom stereocenters. The molecule has 110 valence electrons. The van der Waals surface area contributed by atoms with Crippen LogP contribution in [0, 0.1) is 0 Å². The highest BCUT2D eigenvalue weighted by atomic mass is 16.2. The van der Waals surface area contributed by atoms with Gasteiger partial charge in [0.2, 0.25) is 11.8 Å². The lowest BCUT2D eigenvalue weighted by molar-refractivity contribution is -0.139. The summed E-state index contributed by atoms with van der Waals surface area (Å²) in [6, 6.07) is 7.09. The number of likely N-dealkylation sites (tertiary alicyclic amines) is 1. The Kier molecular flexibility index (Phi) is 3.73. The fraction of sp³-hybridized carbons (Fsp3) is 0.438. The summed E-state index contributed by atoms with van der Waals surface area (Å²) >= 11 is 0. The Balaban J connectivity index is 1.75. The number of rotatable bonds is 2. The second kappa shape index (κ2) is 5.68. The van der Waals surface area contributed by atoms with Crippen LogP contribution in [0.25, 0.3) is 0 Å². The van der Waals surface area contributed by atoms with Gasteiger partial charge in [-0.15, -0.1) is 0 Å². The predicted octanol–water partition coefficient (Wildman–Crippen LogP) is 1.22. The highest BCUT2D eigenvalue weighted by Crippen LogP contribution is 2.20. The molecule has 0 radical (unpaired) electrons. The summed E-state index contributed by atoms with van der Waals surface area (Å²) in [6.07, 6.45) is 3.32. The van der Waals surface area contributed by atoms with Crippen molar-refractivity contribution in [2.75, 3.05) is 19.6 Å². The summed E-state index contributed by atoms with van der Waals surface area (Å²) in [5, 5.41) is 0. The number of carbonyl (C=O) groups excluding carboxylic acids is 3. The molecular weight excluding hydrogens is 268 g/mol. The first-order valence-corrected chi connectivity index (χ1v) is 7.37. The van der Waals surface area contributed by atoms with Gasteiger partial charge >= 0.3 is 0 Å². The zero-order chi connectivity index (χ0) is 14.8. The standard InChI is InChI=1S/C16H18N2O3/c19-14-10-12-6-2-3-7-13(12)16(21)18(14)11-15(20)17-8-4-1-5-9-17/h2-3,6-7H,1,4-5,8-11H2. The van der Waals surface area contributed by atoms with Gasteiger partial charge in [0.1, 0.15) is 6.54 Å². The molecule has 5 heteroatoms. The SMILES string of the molecule is O=C(CN1C(=O)Cc2ccccc2C1=O)N1CCCCC1. The van der Waals surface area contributed by atoms with Gasteiger partial charge in [0.05, 0.1) is 6.42 Å². The number of piperidine rings is 1. The molecule has 1 aromatic rings. The van der Waals surface area contributed by atoms with E-state index in [0.29, 0.717) is 5.56 Å². The van der Waals surface area contributed by atoms with Crippen LogP contribution in [0.2, 0.25) is 0 Å². The largest absolute Gasteiger partial charge is 0.341 e. The summed E-state index contributed by atoms with van der Waals surface area (Å²) in [7, 11) is 0. The number of benzene rings is 1. The van der Waals surface area contributed by atoms with Gasteiger partial charge in [0.15, 0.2) is 0 Å². The molecule has 0 spiro atoms. The summed E-state index contributed by atoms with van der Waals surface area (Å²) < 4.78 is 0. The monoisotopic (exact) mass is 286 g/mol. The van der Waals surface area contributed by atoms with Crippen LogP contribution in [-0.4, -0.2) is 47.2 Å². The van der Waals surface area contributed by atoms with Gasteiger partial charge in [-0.2, -0.15) is 0 Å². The Hall–Kier alpha value is -2.17. The van der Waals surface area contributed by atoms with E-state index in [1.807, 2.05) is 6.07 Å². The molecule has 2 heterocycles. The zero-order valence-electron chi connectivity index (χ0n) is 11.9. The van der Waals surface area contributed by atoms with Gasteiger partial charge in [-0.05, 0) is 30.9 Å². The molecule has 1 saturated heterocycles. The van der Waals surface area contributed by atoms with Crippen LogP contribution in [0.3, 0.4) is 0 Å². The van der Waals surface area contributed by atoms with Gasteiger partial charge in [0, 0.05) is 18.7 Å². The van der Waals surface area contributed by atoms with E-state index in [4.69, 9.17) is 0 Å². The van der Waals surface area contributed by atoms with Crippen molar-refractivity contribution in [1.29, 1.82) is 0 Å². The van der Waals surface area contributed by atoms with Crippen molar-refractivity contribution in [2.24, 2.45) is 0 Å². The molecule has 2 aliphatic heterocycles. The maximum absolute atomic E-state index is 12.4. The third-order valence-electron chi connectivity index (χ3n) is 4.14. The molecule has 3 rings (SSSR count). The molecule has 21 heavy (non-hydrogen) atoms. The van der Waals surface area contributed by atoms with Crippen molar-refractivity contribution in [3.05, 3.63) is 35.4 Å². The normalized spacial score (nSPS) is 18.7. The maximum Gasteiger partial charge on any atom is 0.261 e. The second-order valence-electron chi connectivity index (χ2n) is 5.56. The number of imide groups is 1. The summed E-state index contributed by atoms with van der Waals surface area (Å²) in [5.74, 6) is -0.771. The molecule has 1 aromatic carbocycles. The third kappa shape index (κ3) is 2.68. The predicted molar refractivity (Wildman–Crippen MR) is 76.6 cm³/mol. The molecule has 0 saturated carbocycles. The van der Waals surface area contributed by atoms with Crippen molar-refractivity contribution in [3.63, 3.8) is 0 Å². The first kappa shape index (κ1) is 13.8. The molecule has 0 atom stereocenters. The molecule has 0 bridgehead atoms. The van der Waals surface area contributed by atoms with Crippen LogP contribution < -0.4 is 0 Å². The average molecular weight is 286 g/mol. The van der Waals surface area contributed by atoms with Crippen LogP contribution in [0.1, 0.15) is 35.2 Å². The molecule has 0 N–H and O–H groups in total. The number of fused-ring (bicyclic) bond motifs is 1. The molecule has 0 aliphatic carbocycles. The molecule has 5 nitrogen and oxygen atoms in total. The number of hydrogen-bond donors (Lipinski definition) is 0. The van der Waals surface area contributed by atoms with Crippen molar-refractivity contribution in [2.45, 2.75) is 25.7 Å². The van der Waals surface area contributed by atoms with Gasteiger partial charge in [-0.25, -0.2) is 0 Å². The Morgan fingerprint density at radius 1 is 1.05 bits per heavy atom. The summed E-state index contributed by atoms with van der Waals surface area (Å²) in [4.78, 5) is 39.6. The highest BCUT2D eigenvalue weighted by Gasteiger charge is 2.33. The highest BCUT2D eigenvalue weighted by molar-refractivity contribution is 6.11. The van der Waals surface area contributed by atoms with E-state index in [1.54, 1.807) is 23.1 Å². The van der Waals surface area contributed by atoms with E-state index in [-0.39, 0.29) is 30.7 Å². The van der Waals surface area contributed by atoms with E-state index < -0.39 is 0 Å². The van der Waals surface area contributed by atoms with Crippen LogP contribution in [0.15, 0.2) is 24.3 Å². The second-order valence-corrected chi connectivity index (χ2v) is 5.56. The van der Waals surface area contributed by atoms with Gasteiger partial charge < -0.3 is 4.90 Å². The number of amides is 3. The van der Waals surface area contributed by atoms with Gasteiger partial charge in [0.25, 0.3) is 5.91 Å². The molecule has 1 fully saturated rings. The third-order valence-corrected chi connectivity index (χ3v) is 4.14. The first-order chi connectivity index (χ1) is 10.2. The minimum atomic E-state index is -0.354. The molecule has 2 aliphatic rings. The minimum absolute atomic E-state index is 0.129. The fourth-order valence-electron chi connectivity index (χ4n) is 2.94. The Bertz CT molecular complexity index is 591. The quantitative estimate of drug-likeness (QED) is 0.768. The first-order valence-electron chi connectivity index (χ1n) is 7.37. The lowest BCUT2D eigenvalue weighted by Gasteiger charge is -2.31. The van der Waals surface area contributed by atoms with Gasteiger partial charge in [-0.3, -0.25) is 19.3 Å². The van der Waals surface area contributed by atoms with E-state index in [2.05, 4.69) is 0 Å². The van der Waals surface area contributed by atoms with Crippen molar-refractivity contribution >= 4 is 17.7 Å².